The predicted octanol–water partition coefficient (Wildman–Crippen LogP) is 3.53. The highest BCUT2D eigenvalue weighted by atomic mass is 35.5. The number of halogens is 2. The van der Waals surface area contributed by atoms with Crippen LogP contribution in [-0.4, -0.2) is 90.8 Å². The molecule has 3 aromatic rings. The molecule has 2 aliphatic heterocycles. The van der Waals surface area contributed by atoms with E-state index in [4.69, 9.17) is 21.1 Å². The molecule has 0 radical (unpaired) electrons. The van der Waals surface area contributed by atoms with Crippen molar-refractivity contribution in [3.8, 4) is 28.3 Å². The zero-order chi connectivity index (χ0) is 31.5. The average Bonchev–Trinajstić information content (AvgIpc) is 3.02. The van der Waals surface area contributed by atoms with Gasteiger partial charge in [-0.1, -0.05) is 41.9 Å². The van der Waals surface area contributed by atoms with Gasteiger partial charge in [0, 0.05) is 62.1 Å². The van der Waals surface area contributed by atoms with Crippen LogP contribution < -0.4 is 15.4 Å². The maximum Gasteiger partial charge on any atom is 0.326 e. The molecular formula is C31H33ClFN5O6. The van der Waals surface area contributed by atoms with Crippen molar-refractivity contribution < 1.29 is 33.4 Å². The van der Waals surface area contributed by atoms with Crippen molar-refractivity contribution in [1.29, 1.82) is 0 Å². The quantitative estimate of drug-likeness (QED) is 0.324. The molecule has 11 nitrogen and oxygen atoms in total. The van der Waals surface area contributed by atoms with Gasteiger partial charge in [-0.25, -0.2) is 14.2 Å². The molecule has 0 saturated carbocycles. The molecule has 0 aliphatic carbocycles. The average molecular weight is 626 g/mol. The van der Waals surface area contributed by atoms with Crippen molar-refractivity contribution in [3.63, 3.8) is 0 Å². The summed E-state index contributed by atoms with van der Waals surface area (Å²) in [4.78, 5) is 44.4. The van der Waals surface area contributed by atoms with Crippen LogP contribution in [0.4, 0.5) is 14.9 Å². The number of aromatic nitrogens is 1. The molecule has 1 unspecified atom stereocenters. The number of aliphatic hydroxyl groups excluding tert-OH is 1. The first-order valence-corrected chi connectivity index (χ1v) is 14.4. The lowest BCUT2D eigenvalue weighted by Crippen LogP contribution is -2.56. The Kier molecular flexibility index (Phi) is 9.45. The molecule has 3 N–H and O–H groups in total. The summed E-state index contributed by atoms with van der Waals surface area (Å²) in [5, 5.41) is 16.2. The SMILES string of the molecule is COc1nc(-c2cccc(-c3cccc(NC(=O)C4CN(C)C(=O)N(C)C4=O)c3Cl)c2F)ccc1CN[C@@H]1CCOC[C@@H]1O. The Morgan fingerprint density at radius 1 is 1.14 bits per heavy atom. The third kappa shape index (κ3) is 6.25. The molecule has 2 saturated heterocycles. The highest BCUT2D eigenvalue weighted by Gasteiger charge is 2.39. The Hall–Kier alpha value is -4.10. The molecule has 2 fully saturated rings. The number of amides is 4. The largest absolute Gasteiger partial charge is 0.481 e. The predicted molar refractivity (Wildman–Crippen MR) is 162 cm³/mol. The first kappa shape index (κ1) is 31.3. The summed E-state index contributed by atoms with van der Waals surface area (Å²) in [6.45, 7) is 1.16. The Labute approximate surface area is 258 Å². The molecule has 0 spiro atoms. The fourth-order valence-corrected chi connectivity index (χ4v) is 5.61. The number of ether oxygens (including phenoxy) is 2. The molecular weight excluding hydrogens is 593 g/mol. The first-order valence-electron chi connectivity index (χ1n) is 14.0. The number of anilines is 1. The van der Waals surface area contributed by atoms with E-state index in [1.54, 1.807) is 48.5 Å². The monoisotopic (exact) mass is 625 g/mol. The second-order valence-corrected chi connectivity index (χ2v) is 11.1. The van der Waals surface area contributed by atoms with Crippen LogP contribution in [0.1, 0.15) is 12.0 Å². The summed E-state index contributed by atoms with van der Waals surface area (Å²) in [5.41, 5.74) is 2.01. The van der Waals surface area contributed by atoms with Gasteiger partial charge >= 0.3 is 6.03 Å². The van der Waals surface area contributed by atoms with Crippen LogP contribution >= 0.6 is 11.6 Å². The molecule has 44 heavy (non-hydrogen) atoms. The molecule has 4 amide bonds. The van der Waals surface area contributed by atoms with Crippen LogP contribution in [0, 0.1) is 11.7 Å². The van der Waals surface area contributed by atoms with Crippen molar-refractivity contribution in [1.82, 2.24) is 20.1 Å². The lowest BCUT2D eigenvalue weighted by atomic mass is 9.99. The minimum Gasteiger partial charge on any atom is -0.481 e. The van der Waals surface area contributed by atoms with Gasteiger partial charge in [0.15, 0.2) is 0 Å². The summed E-state index contributed by atoms with van der Waals surface area (Å²) in [6.07, 6.45) is 0.0655. The molecule has 13 heteroatoms. The smallest absolute Gasteiger partial charge is 0.326 e. The number of benzene rings is 2. The standard InChI is InChI=1S/C31H33ClFN5O6/c1-37-15-21(30(41)38(2)31(37)42)28(40)35-24-9-5-6-18(26(24)32)19-7-4-8-20(27(19)33)22-11-10-17(29(36-22)43-3)14-34-23-12-13-44-16-25(23)39/h4-11,21,23,25,34,39H,12-16H2,1-3H3,(H,35,40)/t21?,23-,25+/m1/s1. The van der Waals surface area contributed by atoms with Crippen LogP contribution in [-0.2, 0) is 20.9 Å². The van der Waals surface area contributed by atoms with E-state index in [2.05, 4.69) is 15.6 Å². The van der Waals surface area contributed by atoms with Crippen LogP contribution in [0.15, 0.2) is 48.5 Å². The number of urea groups is 1. The zero-order valence-corrected chi connectivity index (χ0v) is 25.2. The summed E-state index contributed by atoms with van der Waals surface area (Å²) in [5.74, 6) is -2.63. The molecule has 0 bridgehead atoms. The summed E-state index contributed by atoms with van der Waals surface area (Å²) in [7, 11) is 4.31. The molecule has 5 rings (SSSR count). The van der Waals surface area contributed by atoms with Gasteiger partial charge in [0.25, 0.3) is 0 Å². The van der Waals surface area contributed by atoms with E-state index in [1.165, 1.54) is 26.1 Å². The highest BCUT2D eigenvalue weighted by Crippen LogP contribution is 2.38. The van der Waals surface area contributed by atoms with E-state index < -0.39 is 35.7 Å². The fraction of sp³-hybridized carbons (Fsp3) is 0.355. The van der Waals surface area contributed by atoms with E-state index in [0.717, 1.165) is 10.5 Å². The molecule has 232 valence electrons. The van der Waals surface area contributed by atoms with Crippen LogP contribution in [0.25, 0.3) is 22.4 Å². The Balaban J connectivity index is 1.38. The molecule has 3 atom stereocenters. The van der Waals surface area contributed by atoms with E-state index in [9.17, 15) is 19.5 Å². The van der Waals surface area contributed by atoms with Gasteiger partial charge in [0.2, 0.25) is 17.7 Å². The maximum absolute atomic E-state index is 16.1. The topological polar surface area (TPSA) is 133 Å². The zero-order valence-electron chi connectivity index (χ0n) is 24.5. The van der Waals surface area contributed by atoms with E-state index >= 15 is 4.39 Å². The first-order chi connectivity index (χ1) is 21.1. The van der Waals surface area contributed by atoms with Gasteiger partial charge in [-0.05, 0) is 24.6 Å². The number of carbonyl (C=O) groups is 3. The highest BCUT2D eigenvalue weighted by molar-refractivity contribution is 6.36. The van der Waals surface area contributed by atoms with Gasteiger partial charge in [0.05, 0.1) is 36.2 Å². The Morgan fingerprint density at radius 2 is 1.86 bits per heavy atom. The second kappa shape index (κ2) is 13.3. The number of carbonyl (C=O) groups excluding carboxylic acids is 3. The maximum atomic E-state index is 16.1. The number of pyridine rings is 1. The van der Waals surface area contributed by atoms with E-state index in [0.29, 0.717) is 36.7 Å². The molecule has 2 aromatic carbocycles. The second-order valence-electron chi connectivity index (χ2n) is 10.7. The lowest BCUT2D eigenvalue weighted by molar-refractivity contribution is -0.140. The number of aliphatic hydroxyl groups is 1. The van der Waals surface area contributed by atoms with E-state index in [-0.39, 0.29) is 41.0 Å². The number of imide groups is 1. The van der Waals surface area contributed by atoms with Crippen molar-refractivity contribution in [2.45, 2.75) is 25.1 Å². The number of rotatable bonds is 8. The summed E-state index contributed by atoms with van der Waals surface area (Å²) >= 11 is 6.68. The van der Waals surface area contributed by atoms with E-state index in [1.807, 2.05) is 0 Å². The van der Waals surface area contributed by atoms with Gasteiger partial charge in [0.1, 0.15) is 11.7 Å². The molecule has 3 heterocycles. The minimum atomic E-state index is -1.12. The van der Waals surface area contributed by atoms with Gasteiger partial charge in [-0.15, -0.1) is 0 Å². The number of hydrogen-bond donors (Lipinski definition) is 3. The van der Waals surface area contributed by atoms with Crippen molar-refractivity contribution in [2.75, 3.05) is 46.3 Å². The van der Waals surface area contributed by atoms with Crippen LogP contribution in [0.2, 0.25) is 5.02 Å². The molecule has 2 aliphatic rings. The third-order valence-corrected chi connectivity index (χ3v) is 8.26. The number of nitrogens with zero attached hydrogens (tertiary/aromatic N) is 3. The van der Waals surface area contributed by atoms with Crippen LogP contribution in [0.3, 0.4) is 0 Å². The van der Waals surface area contributed by atoms with Crippen LogP contribution in [0.5, 0.6) is 5.88 Å². The lowest BCUT2D eigenvalue weighted by Gasteiger charge is -2.33. The van der Waals surface area contributed by atoms with Crippen molar-refractivity contribution >= 4 is 35.1 Å². The van der Waals surface area contributed by atoms with Gasteiger partial charge in [-0.2, -0.15) is 0 Å². The number of methoxy groups -OCH3 is 1. The molecule has 1 aromatic heterocycles. The Bertz CT molecular complexity index is 1590. The van der Waals surface area contributed by atoms with Gasteiger partial charge < -0.3 is 30.1 Å². The van der Waals surface area contributed by atoms with Gasteiger partial charge in [-0.3, -0.25) is 14.5 Å². The number of nitrogens with one attached hydrogen (secondary N) is 2. The Morgan fingerprint density at radius 3 is 2.61 bits per heavy atom. The van der Waals surface area contributed by atoms with Crippen molar-refractivity contribution in [2.24, 2.45) is 5.92 Å². The third-order valence-electron chi connectivity index (χ3n) is 7.85. The minimum absolute atomic E-state index is 0.0787. The van der Waals surface area contributed by atoms with Crippen molar-refractivity contribution in [3.05, 3.63) is 64.9 Å². The fourth-order valence-electron chi connectivity index (χ4n) is 5.34. The summed E-state index contributed by atoms with van der Waals surface area (Å²) < 4.78 is 26.9. The normalized spacial score (nSPS) is 20.5. The summed E-state index contributed by atoms with van der Waals surface area (Å²) in [6, 6.07) is 12.5. The number of hydrogen-bond acceptors (Lipinski definition) is 8.